The number of hydrogen-bond donors (Lipinski definition) is 1. The Balaban J connectivity index is 1.47. The Labute approximate surface area is 195 Å². The molecule has 0 aliphatic rings. The summed E-state index contributed by atoms with van der Waals surface area (Å²) < 4.78 is 12.4. The minimum Gasteiger partial charge on any atom is -0.456 e. The summed E-state index contributed by atoms with van der Waals surface area (Å²) in [6.07, 6.45) is 1.39. The summed E-state index contributed by atoms with van der Waals surface area (Å²) in [5.74, 6) is 0. The third kappa shape index (κ3) is 2.74. The van der Waals surface area contributed by atoms with Crippen LogP contribution >= 0.6 is 0 Å². The average Bonchev–Trinajstić information content (AvgIpc) is 3.46. The van der Waals surface area contributed by atoms with Crippen molar-refractivity contribution >= 4 is 50.1 Å². The Bertz CT molecular complexity index is 1870. The predicted molar refractivity (Wildman–Crippen MR) is 140 cm³/mol. The van der Waals surface area contributed by atoms with Crippen LogP contribution in [-0.4, -0.2) is 6.21 Å². The maximum absolute atomic E-state index is 7.84. The van der Waals surface area contributed by atoms with Crippen LogP contribution in [0.15, 0.2) is 112 Å². The quantitative estimate of drug-likeness (QED) is 0.281. The Hall–Kier alpha value is -4.63. The number of rotatable bonds is 3. The average molecular weight is 437 g/mol. The Morgan fingerprint density at radius 1 is 0.500 bits per heavy atom. The molecule has 2 heterocycles. The number of hydrogen-bond acceptors (Lipinski definition) is 3. The van der Waals surface area contributed by atoms with E-state index in [0.29, 0.717) is 0 Å². The van der Waals surface area contributed by atoms with Gasteiger partial charge >= 0.3 is 0 Å². The van der Waals surface area contributed by atoms with E-state index < -0.39 is 0 Å². The van der Waals surface area contributed by atoms with Gasteiger partial charge in [-0.1, -0.05) is 66.7 Å². The topological polar surface area (TPSA) is 50.1 Å². The van der Waals surface area contributed by atoms with Crippen molar-refractivity contribution < 1.29 is 8.83 Å². The van der Waals surface area contributed by atoms with Gasteiger partial charge in [-0.25, -0.2) is 0 Å². The van der Waals surface area contributed by atoms with Crippen molar-refractivity contribution in [2.24, 2.45) is 0 Å². The number of furan rings is 2. The summed E-state index contributed by atoms with van der Waals surface area (Å²) in [5, 5.41) is 12.0. The first-order valence-corrected chi connectivity index (χ1v) is 11.3. The molecule has 34 heavy (non-hydrogen) atoms. The lowest BCUT2D eigenvalue weighted by Crippen LogP contribution is -1.82. The molecule has 0 unspecified atom stereocenters. The van der Waals surface area contributed by atoms with Gasteiger partial charge < -0.3 is 14.2 Å². The molecule has 0 spiro atoms. The molecule has 0 aliphatic carbocycles. The molecule has 160 valence electrons. The smallest absolute Gasteiger partial charge is 0.136 e. The Morgan fingerprint density at radius 2 is 1.26 bits per heavy atom. The molecule has 5 aromatic carbocycles. The summed E-state index contributed by atoms with van der Waals surface area (Å²) in [6.45, 7) is 0. The van der Waals surface area contributed by atoms with Crippen LogP contribution < -0.4 is 0 Å². The third-order valence-corrected chi connectivity index (χ3v) is 6.60. The molecule has 7 aromatic rings. The monoisotopic (exact) mass is 437 g/mol. The molecule has 2 aromatic heterocycles. The fourth-order valence-electron chi connectivity index (χ4n) is 5.02. The normalized spacial score (nSPS) is 11.6. The van der Waals surface area contributed by atoms with Crippen LogP contribution in [0.25, 0.3) is 66.1 Å². The van der Waals surface area contributed by atoms with Gasteiger partial charge in [-0.05, 0) is 58.7 Å². The van der Waals surface area contributed by atoms with E-state index in [1.54, 1.807) is 0 Å². The highest BCUT2D eigenvalue weighted by Crippen LogP contribution is 2.40. The van der Waals surface area contributed by atoms with Crippen LogP contribution in [0, 0.1) is 5.41 Å². The second-order valence-electron chi connectivity index (χ2n) is 8.54. The molecule has 0 saturated heterocycles. The van der Waals surface area contributed by atoms with Gasteiger partial charge in [0.1, 0.15) is 22.3 Å². The van der Waals surface area contributed by atoms with Crippen LogP contribution in [0.2, 0.25) is 0 Å². The van der Waals surface area contributed by atoms with Crippen molar-refractivity contribution in [1.82, 2.24) is 0 Å². The molecule has 0 aliphatic heterocycles. The van der Waals surface area contributed by atoms with Crippen LogP contribution in [0.3, 0.4) is 0 Å². The van der Waals surface area contributed by atoms with E-state index in [1.165, 1.54) is 11.8 Å². The van der Waals surface area contributed by atoms with E-state index in [9.17, 15) is 0 Å². The zero-order valence-corrected chi connectivity index (χ0v) is 18.2. The molecule has 7 rings (SSSR count). The van der Waals surface area contributed by atoms with Gasteiger partial charge in [0, 0.05) is 33.3 Å². The molecule has 0 saturated carbocycles. The summed E-state index contributed by atoms with van der Waals surface area (Å²) in [5.41, 5.74) is 8.75. The molecule has 0 fully saturated rings. The molecule has 0 bridgehead atoms. The fraction of sp³-hybridized carbons (Fsp3) is 0. The molecule has 0 radical (unpaired) electrons. The molecular weight excluding hydrogens is 418 g/mol. The van der Waals surface area contributed by atoms with Crippen molar-refractivity contribution in [1.29, 1.82) is 5.41 Å². The number of benzene rings is 5. The van der Waals surface area contributed by atoms with Crippen molar-refractivity contribution in [2.75, 3.05) is 0 Å². The minimum absolute atomic E-state index is 0.800. The van der Waals surface area contributed by atoms with Crippen LogP contribution in [-0.2, 0) is 0 Å². The second kappa shape index (κ2) is 7.19. The fourth-order valence-corrected chi connectivity index (χ4v) is 5.02. The van der Waals surface area contributed by atoms with Gasteiger partial charge in [0.05, 0.1) is 0 Å². The largest absolute Gasteiger partial charge is 0.456 e. The molecule has 3 heteroatoms. The van der Waals surface area contributed by atoms with Crippen LogP contribution in [0.5, 0.6) is 0 Å². The summed E-state index contributed by atoms with van der Waals surface area (Å²) >= 11 is 0. The zero-order chi connectivity index (χ0) is 22.6. The highest BCUT2D eigenvalue weighted by atomic mass is 16.3. The molecule has 1 N–H and O–H groups in total. The Kier molecular flexibility index (Phi) is 4.00. The van der Waals surface area contributed by atoms with E-state index in [-0.39, 0.29) is 0 Å². The standard InChI is InChI=1S/C31H19NO2/c32-18-22-8-4-10-27-30(22)25-16-21(13-15-26(25)33-27)23-9-5-11-28-31(23)24-14-12-20(17-29(24)34-28)19-6-2-1-3-7-19/h1-18,32H. The lowest BCUT2D eigenvalue weighted by molar-refractivity contribution is 0.669. The van der Waals surface area contributed by atoms with E-state index in [4.69, 9.17) is 14.2 Å². The minimum atomic E-state index is 0.800. The second-order valence-corrected chi connectivity index (χ2v) is 8.54. The lowest BCUT2D eigenvalue weighted by Gasteiger charge is -2.05. The van der Waals surface area contributed by atoms with Crippen molar-refractivity contribution in [2.45, 2.75) is 0 Å². The van der Waals surface area contributed by atoms with E-state index in [0.717, 1.165) is 66.1 Å². The number of nitrogens with one attached hydrogen (secondary N) is 1. The first-order chi connectivity index (χ1) is 16.8. The molecule has 3 nitrogen and oxygen atoms in total. The highest BCUT2D eigenvalue weighted by Gasteiger charge is 2.16. The first-order valence-electron chi connectivity index (χ1n) is 11.3. The SMILES string of the molecule is N=Cc1cccc2oc3ccc(-c4cccc5oc6cc(-c7ccccc7)ccc6c45)cc3c12. The lowest BCUT2D eigenvalue weighted by atomic mass is 9.96. The van der Waals surface area contributed by atoms with Crippen molar-refractivity contribution in [3.8, 4) is 22.3 Å². The van der Waals surface area contributed by atoms with Crippen LogP contribution in [0.4, 0.5) is 0 Å². The van der Waals surface area contributed by atoms with Crippen molar-refractivity contribution in [3.63, 3.8) is 0 Å². The van der Waals surface area contributed by atoms with E-state index >= 15 is 0 Å². The van der Waals surface area contributed by atoms with Gasteiger partial charge in [0.25, 0.3) is 0 Å². The predicted octanol–water partition coefficient (Wildman–Crippen LogP) is 8.82. The molecule has 0 amide bonds. The van der Waals surface area contributed by atoms with Gasteiger partial charge in [0.15, 0.2) is 0 Å². The zero-order valence-electron chi connectivity index (χ0n) is 18.2. The Morgan fingerprint density at radius 3 is 2.12 bits per heavy atom. The summed E-state index contributed by atoms with van der Waals surface area (Å²) in [6, 6.07) is 35.1. The van der Waals surface area contributed by atoms with Gasteiger partial charge in [-0.2, -0.15) is 0 Å². The number of fused-ring (bicyclic) bond motifs is 6. The maximum atomic E-state index is 7.84. The third-order valence-electron chi connectivity index (χ3n) is 6.60. The summed E-state index contributed by atoms with van der Waals surface area (Å²) in [4.78, 5) is 0. The first kappa shape index (κ1) is 18.9. The van der Waals surface area contributed by atoms with Crippen molar-refractivity contribution in [3.05, 3.63) is 109 Å². The van der Waals surface area contributed by atoms with Gasteiger partial charge in [0.2, 0.25) is 0 Å². The van der Waals surface area contributed by atoms with Gasteiger partial charge in [-0.15, -0.1) is 0 Å². The summed E-state index contributed by atoms with van der Waals surface area (Å²) in [7, 11) is 0. The molecular formula is C31H19NO2. The van der Waals surface area contributed by atoms with Crippen LogP contribution in [0.1, 0.15) is 5.56 Å². The highest BCUT2D eigenvalue weighted by molar-refractivity contribution is 6.16. The van der Waals surface area contributed by atoms with Gasteiger partial charge in [-0.3, -0.25) is 0 Å². The van der Waals surface area contributed by atoms with E-state index in [1.807, 2.05) is 42.5 Å². The maximum Gasteiger partial charge on any atom is 0.136 e. The molecule has 0 atom stereocenters. The van der Waals surface area contributed by atoms with E-state index in [2.05, 4.69) is 60.7 Å².